The van der Waals surface area contributed by atoms with Gasteiger partial charge in [-0.05, 0) is 44.5 Å². The average molecular weight is 300 g/mol. The van der Waals surface area contributed by atoms with Crippen LogP contribution >= 0.6 is 15.9 Å². The van der Waals surface area contributed by atoms with E-state index in [4.69, 9.17) is 4.74 Å². The molecule has 1 aromatic rings. The molecular formula is C14H22BrNO. The number of aryl methyl sites for hydroxylation is 1. The van der Waals surface area contributed by atoms with E-state index >= 15 is 0 Å². The molecule has 0 fully saturated rings. The summed E-state index contributed by atoms with van der Waals surface area (Å²) in [5.74, 6) is 1.03. The molecule has 2 nitrogen and oxygen atoms in total. The van der Waals surface area contributed by atoms with Crippen LogP contribution in [0.3, 0.4) is 0 Å². The van der Waals surface area contributed by atoms with Gasteiger partial charge in [-0.25, -0.2) is 0 Å². The van der Waals surface area contributed by atoms with Crippen molar-refractivity contribution in [1.29, 1.82) is 0 Å². The second-order valence-corrected chi connectivity index (χ2v) is 5.24. The van der Waals surface area contributed by atoms with Gasteiger partial charge in [0.25, 0.3) is 0 Å². The van der Waals surface area contributed by atoms with E-state index in [1.807, 2.05) is 0 Å². The van der Waals surface area contributed by atoms with E-state index in [0.717, 1.165) is 29.7 Å². The minimum atomic E-state index is 0.259. The third-order valence-electron chi connectivity index (χ3n) is 2.78. The molecule has 0 aromatic heterocycles. The van der Waals surface area contributed by atoms with Crippen LogP contribution in [0.25, 0.3) is 0 Å². The first-order chi connectivity index (χ1) is 8.08. The molecule has 0 spiro atoms. The number of hydrogen-bond acceptors (Lipinski definition) is 2. The molecule has 96 valence electrons. The van der Waals surface area contributed by atoms with Gasteiger partial charge in [0.1, 0.15) is 5.75 Å². The molecule has 1 rings (SSSR count). The smallest absolute Gasteiger partial charge is 0.127 e. The first-order valence-electron chi connectivity index (χ1n) is 6.24. The lowest BCUT2D eigenvalue weighted by atomic mass is 10.1. The zero-order valence-corrected chi connectivity index (χ0v) is 12.7. The van der Waals surface area contributed by atoms with E-state index in [1.165, 1.54) is 11.1 Å². The first-order valence-corrected chi connectivity index (χ1v) is 7.04. The molecule has 0 bridgehead atoms. The Balaban J connectivity index is 2.97. The Bertz CT molecular complexity index is 365. The third kappa shape index (κ3) is 4.32. The first kappa shape index (κ1) is 14.5. The maximum atomic E-state index is 6.02. The highest BCUT2D eigenvalue weighted by molar-refractivity contribution is 9.10. The molecule has 0 amide bonds. The SMILES string of the molecule is CCNCc1cc(Br)cc(C)c1OC(C)CC. The van der Waals surface area contributed by atoms with Crippen LogP contribution in [-0.2, 0) is 6.54 Å². The molecular weight excluding hydrogens is 278 g/mol. The second-order valence-electron chi connectivity index (χ2n) is 4.33. The molecule has 1 atom stereocenters. The number of halogens is 1. The van der Waals surface area contributed by atoms with Crippen molar-refractivity contribution in [1.82, 2.24) is 5.32 Å². The Labute approximate surface area is 113 Å². The van der Waals surface area contributed by atoms with Crippen molar-refractivity contribution in [2.45, 2.75) is 46.8 Å². The van der Waals surface area contributed by atoms with Crippen LogP contribution < -0.4 is 10.1 Å². The van der Waals surface area contributed by atoms with Gasteiger partial charge in [0, 0.05) is 16.6 Å². The summed E-state index contributed by atoms with van der Waals surface area (Å²) >= 11 is 3.54. The predicted molar refractivity (Wildman–Crippen MR) is 76.6 cm³/mol. The highest BCUT2D eigenvalue weighted by Gasteiger charge is 2.11. The summed E-state index contributed by atoms with van der Waals surface area (Å²) in [5, 5.41) is 3.35. The van der Waals surface area contributed by atoms with E-state index in [0.29, 0.717) is 0 Å². The summed E-state index contributed by atoms with van der Waals surface area (Å²) in [6.07, 6.45) is 1.28. The van der Waals surface area contributed by atoms with Crippen LogP contribution in [0.4, 0.5) is 0 Å². The fourth-order valence-corrected chi connectivity index (χ4v) is 2.26. The quantitative estimate of drug-likeness (QED) is 0.856. The van der Waals surface area contributed by atoms with E-state index in [-0.39, 0.29) is 6.10 Å². The minimum Gasteiger partial charge on any atom is -0.490 e. The maximum Gasteiger partial charge on any atom is 0.127 e. The molecule has 0 heterocycles. The molecule has 0 aliphatic heterocycles. The molecule has 1 N–H and O–H groups in total. The van der Waals surface area contributed by atoms with E-state index in [9.17, 15) is 0 Å². The van der Waals surface area contributed by atoms with Gasteiger partial charge in [-0.2, -0.15) is 0 Å². The highest BCUT2D eigenvalue weighted by atomic mass is 79.9. The van der Waals surface area contributed by atoms with E-state index in [2.05, 4.69) is 61.1 Å². The van der Waals surface area contributed by atoms with Crippen molar-refractivity contribution in [3.8, 4) is 5.75 Å². The number of hydrogen-bond donors (Lipinski definition) is 1. The van der Waals surface area contributed by atoms with Crippen LogP contribution in [0, 0.1) is 6.92 Å². The van der Waals surface area contributed by atoms with Crippen molar-refractivity contribution in [3.63, 3.8) is 0 Å². The van der Waals surface area contributed by atoms with Crippen LogP contribution in [0.15, 0.2) is 16.6 Å². The van der Waals surface area contributed by atoms with Crippen molar-refractivity contribution < 1.29 is 4.74 Å². The largest absolute Gasteiger partial charge is 0.490 e. The zero-order chi connectivity index (χ0) is 12.8. The highest BCUT2D eigenvalue weighted by Crippen LogP contribution is 2.29. The summed E-state index contributed by atoms with van der Waals surface area (Å²) in [4.78, 5) is 0. The number of nitrogens with one attached hydrogen (secondary N) is 1. The van der Waals surface area contributed by atoms with Crippen molar-refractivity contribution in [2.24, 2.45) is 0 Å². The molecule has 0 aliphatic carbocycles. The normalized spacial score (nSPS) is 12.5. The van der Waals surface area contributed by atoms with Gasteiger partial charge >= 0.3 is 0 Å². The van der Waals surface area contributed by atoms with Gasteiger partial charge < -0.3 is 10.1 Å². The van der Waals surface area contributed by atoms with Crippen molar-refractivity contribution >= 4 is 15.9 Å². The Morgan fingerprint density at radius 3 is 2.65 bits per heavy atom. The molecule has 0 saturated heterocycles. The van der Waals surface area contributed by atoms with Crippen LogP contribution in [0.2, 0.25) is 0 Å². The van der Waals surface area contributed by atoms with Gasteiger partial charge in [-0.3, -0.25) is 0 Å². The Kier molecular flexibility index (Phi) is 6.00. The second kappa shape index (κ2) is 7.02. The summed E-state index contributed by atoms with van der Waals surface area (Å²) in [5.41, 5.74) is 2.41. The molecule has 3 heteroatoms. The zero-order valence-electron chi connectivity index (χ0n) is 11.1. The number of ether oxygens (including phenoxy) is 1. The minimum absolute atomic E-state index is 0.259. The van der Waals surface area contributed by atoms with Gasteiger partial charge in [-0.15, -0.1) is 0 Å². The van der Waals surface area contributed by atoms with Crippen molar-refractivity contribution in [2.75, 3.05) is 6.54 Å². The maximum absolute atomic E-state index is 6.02. The molecule has 17 heavy (non-hydrogen) atoms. The van der Waals surface area contributed by atoms with Crippen LogP contribution in [-0.4, -0.2) is 12.6 Å². The molecule has 0 radical (unpaired) electrons. The summed E-state index contributed by atoms with van der Waals surface area (Å²) in [7, 11) is 0. The third-order valence-corrected chi connectivity index (χ3v) is 3.23. The monoisotopic (exact) mass is 299 g/mol. The van der Waals surface area contributed by atoms with E-state index in [1.54, 1.807) is 0 Å². The fourth-order valence-electron chi connectivity index (χ4n) is 1.64. The molecule has 1 unspecified atom stereocenters. The number of benzene rings is 1. The van der Waals surface area contributed by atoms with Gasteiger partial charge in [-0.1, -0.05) is 29.8 Å². The topological polar surface area (TPSA) is 21.3 Å². The Morgan fingerprint density at radius 2 is 2.06 bits per heavy atom. The van der Waals surface area contributed by atoms with Gasteiger partial charge in [0.2, 0.25) is 0 Å². The average Bonchev–Trinajstić information content (AvgIpc) is 2.29. The fraction of sp³-hybridized carbons (Fsp3) is 0.571. The Morgan fingerprint density at radius 1 is 1.35 bits per heavy atom. The predicted octanol–water partition coefficient (Wildman–Crippen LogP) is 4.04. The Hall–Kier alpha value is -0.540. The summed E-state index contributed by atoms with van der Waals surface area (Å²) in [6, 6.07) is 4.24. The molecule has 0 saturated carbocycles. The van der Waals surface area contributed by atoms with Crippen molar-refractivity contribution in [3.05, 3.63) is 27.7 Å². The van der Waals surface area contributed by atoms with Crippen LogP contribution in [0.5, 0.6) is 5.75 Å². The van der Waals surface area contributed by atoms with Gasteiger partial charge in [0.15, 0.2) is 0 Å². The lowest BCUT2D eigenvalue weighted by Gasteiger charge is -2.19. The summed E-state index contributed by atoms with van der Waals surface area (Å²) < 4.78 is 7.13. The standard InChI is InChI=1S/C14H22BrNO/c1-5-11(4)17-14-10(3)7-13(15)8-12(14)9-16-6-2/h7-8,11,16H,5-6,9H2,1-4H3. The molecule has 0 aliphatic rings. The van der Waals surface area contributed by atoms with Gasteiger partial charge in [0.05, 0.1) is 6.10 Å². The number of rotatable bonds is 6. The lowest BCUT2D eigenvalue weighted by Crippen LogP contribution is -2.16. The molecule has 1 aromatic carbocycles. The van der Waals surface area contributed by atoms with E-state index < -0.39 is 0 Å². The lowest BCUT2D eigenvalue weighted by molar-refractivity contribution is 0.213. The summed E-state index contributed by atoms with van der Waals surface area (Å²) in [6.45, 7) is 10.3. The van der Waals surface area contributed by atoms with Crippen LogP contribution in [0.1, 0.15) is 38.3 Å².